The van der Waals surface area contributed by atoms with E-state index in [2.05, 4.69) is 63.6 Å². The summed E-state index contributed by atoms with van der Waals surface area (Å²) in [5.74, 6) is 1.51. The van der Waals surface area contributed by atoms with Gasteiger partial charge in [-0.3, -0.25) is 9.78 Å². The van der Waals surface area contributed by atoms with E-state index in [0.29, 0.717) is 17.3 Å². The fraction of sp³-hybridized carbons (Fsp3) is 0.486. The van der Waals surface area contributed by atoms with Gasteiger partial charge in [0, 0.05) is 61.3 Å². The number of hydrogen-bond donors (Lipinski definition) is 1. The number of nitrogens with zero attached hydrogens (tertiary/aromatic N) is 6. The van der Waals surface area contributed by atoms with Crippen LogP contribution in [0.1, 0.15) is 60.7 Å². The fourth-order valence-corrected chi connectivity index (χ4v) is 7.13. The van der Waals surface area contributed by atoms with Gasteiger partial charge in [0.25, 0.3) is 0 Å². The van der Waals surface area contributed by atoms with Crippen molar-refractivity contribution in [2.45, 2.75) is 63.1 Å². The van der Waals surface area contributed by atoms with Crippen molar-refractivity contribution in [2.24, 2.45) is 0 Å². The highest BCUT2D eigenvalue weighted by Crippen LogP contribution is 2.35. The highest BCUT2D eigenvalue weighted by molar-refractivity contribution is 5.98. The Hall–Kier alpha value is -3.79. The molecular formula is C37H48N6O3. The zero-order valence-corrected chi connectivity index (χ0v) is 27.7. The molecular weight excluding hydrogens is 576 g/mol. The number of pyridine rings is 1. The number of methoxy groups -OCH3 is 1. The quantitative estimate of drug-likeness (QED) is 0.220. The number of ether oxygens (including phenoxy) is 1. The summed E-state index contributed by atoms with van der Waals surface area (Å²) >= 11 is 0. The molecule has 244 valence electrons. The van der Waals surface area contributed by atoms with E-state index >= 15 is 0 Å². The van der Waals surface area contributed by atoms with Crippen LogP contribution in [0.5, 0.6) is 5.75 Å². The molecule has 0 atom stereocenters. The maximum atomic E-state index is 13.8. The van der Waals surface area contributed by atoms with Crippen molar-refractivity contribution in [2.75, 3.05) is 59.3 Å². The number of imidazole rings is 1. The molecule has 0 radical (unpaired) electrons. The number of benzene rings is 2. The molecule has 1 N–H and O–H groups in total. The van der Waals surface area contributed by atoms with Crippen molar-refractivity contribution in [1.82, 2.24) is 24.3 Å². The summed E-state index contributed by atoms with van der Waals surface area (Å²) in [4.78, 5) is 30.7. The number of para-hydroxylation sites is 1. The van der Waals surface area contributed by atoms with Gasteiger partial charge in [0.1, 0.15) is 11.6 Å². The molecule has 2 fully saturated rings. The predicted octanol–water partition coefficient (Wildman–Crippen LogP) is 5.47. The number of aromatic nitrogens is 3. The molecule has 0 amide bonds. The van der Waals surface area contributed by atoms with Crippen molar-refractivity contribution < 1.29 is 14.6 Å². The second-order valence-electron chi connectivity index (χ2n) is 13.3. The number of hydrogen-bond acceptors (Lipinski definition) is 8. The Morgan fingerprint density at radius 3 is 2.46 bits per heavy atom. The van der Waals surface area contributed by atoms with Gasteiger partial charge >= 0.3 is 0 Å². The first-order valence-electron chi connectivity index (χ1n) is 16.7. The van der Waals surface area contributed by atoms with Crippen molar-refractivity contribution in [1.29, 1.82) is 0 Å². The van der Waals surface area contributed by atoms with Gasteiger partial charge in [-0.25, -0.2) is 4.98 Å². The number of anilines is 1. The van der Waals surface area contributed by atoms with E-state index in [9.17, 15) is 9.90 Å². The number of aliphatic hydroxyl groups excluding tert-OH is 1. The number of ketones is 1. The van der Waals surface area contributed by atoms with E-state index in [-0.39, 0.29) is 24.3 Å². The number of Topliss-reactive ketones (excluding diaryl/α,β-unsaturated/α-hetero) is 1. The molecule has 1 aliphatic carbocycles. The predicted molar refractivity (Wildman–Crippen MR) is 184 cm³/mol. The molecule has 4 aromatic rings. The first-order valence-corrected chi connectivity index (χ1v) is 16.7. The monoisotopic (exact) mass is 624 g/mol. The minimum atomic E-state index is -0.256. The van der Waals surface area contributed by atoms with Crippen LogP contribution in [-0.4, -0.2) is 102 Å². The Bertz CT molecular complexity index is 1640. The third kappa shape index (κ3) is 7.12. The van der Waals surface area contributed by atoms with Crippen LogP contribution in [0.25, 0.3) is 22.3 Å². The summed E-state index contributed by atoms with van der Waals surface area (Å²) < 4.78 is 7.86. The normalized spacial score (nSPS) is 19.3. The van der Waals surface area contributed by atoms with Gasteiger partial charge in [-0.15, -0.1) is 0 Å². The summed E-state index contributed by atoms with van der Waals surface area (Å²) in [6.07, 6.45) is 7.19. The molecule has 3 heterocycles. The van der Waals surface area contributed by atoms with Crippen molar-refractivity contribution in [3.63, 3.8) is 0 Å². The lowest BCUT2D eigenvalue weighted by molar-refractivity contribution is 0.0981. The van der Waals surface area contributed by atoms with Gasteiger partial charge in [0.05, 0.1) is 36.4 Å². The molecule has 1 saturated heterocycles. The Balaban J connectivity index is 1.25. The van der Waals surface area contributed by atoms with E-state index in [1.54, 1.807) is 19.4 Å². The molecule has 46 heavy (non-hydrogen) atoms. The van der Waals surface area contributed by atoms with Crippen LogP contribution in [0.4, 0.5) is 5.69 Å². The van der Waals surface area contributed by atoms with Crippen molar-refractivity contribution in [3.8, 4) is 17.0 Å². The van der Waals surface area contributed by atoms with E-state index < -0.39 is 0 Å². The second kappa shape index (κ2) is 14.3. The number of piperidine rings is 1. The summed E-state index contributed by atoms with van der Waals surface area (Å²) in [5.41, 5.74) is 5.37. The number of aliphatic hydroxyl groups is 1. The molecule has 0 unspecified atom stereocenters. The minimum absolute atomic E-state index is 0.00614. The summed E-state index contributed by atoms with van der Waals surface area (Å²) in [7, 11) is 8.16. The van der Waals surface area contributed by atoms with Crippen LogP contribution in [-0.2, 0) is 6.42 Å². The average molecular weight is 625 g/mol. The van der Waals surface area contributed by atoms with E-state index in [1.807, 2.05) is 30.3 Å². The van der Waals surface area contributed by atoms with E-state index in [1.165, 1.54) is 5.69 Å². The highest BCUT2D eigenvalue weighted by Gasteiger charge is 2.28. The van der Waals surface area contributed by atoms with Crippen LogP contribution in [0, 0.1) is 0 Å². The van der Waals surface area contributed by atoms with Gasteiger partial charge in [-0.2, -0.15) is 0 Å². The molecule has 1 saturated carbocycles. The van der Waals surface area contributed by atoms with E-state index in [4.69, 9.17) is 9.72 Å². The fourth-order valence-electron chi connectivity index (χ4n) is 7.13. The topological polar surface area (TPSA) is 87.0 Å². The number of likely N-dealkylation sites (N-methyl/N-ethyl adjacent to an activating group) is 2. The first-order chi connectivity index (χ1) is 22.3. The maximum absolute atomic E-state index is 13.8. The lowest BCUT2D eigenvalue weighted by atomic mass is 9.92. The third-order valence-electron chi connectivity index (χ3n) is 9.91. The number of carbonyl (C=O) groups is 1. The smallest absolute Gasteiger partial charge is 0.170 e. The largest absolute Gasteiger partial charge is 0.496 e. The first kappa shape index (κ1) is 32.2. The van der Waals surface area contributed by atoms with Crippen molar-refractivity contribution >= 4 is 22.5 Å². The van der Waals surface area contributed by atoms with Crippen LogP contribution in [0.15, 0.2) is 60.8 Å². The highest BCUT2D eigenvalue weighted by atomic mass is 16.5. The van der Waals surface area contributed by atoms with Crippen LogP contribution in [0.2, 0.25) is 0 Å². The van der Waals surface area contributed by atoms with Gasteiger partial charge < -0.3 is 29.1 Å². The lowest BCUT2D eigenvalue weighted by Crippen LogP contribution is -2.45. The lowest BCUT2D eigenvalue weighted by Gasteiger charge is -2.38. The van der Waals surface area contributed by atoms with Gasteiger partial charge in [-0.1, -0.05) is 12.1 Å². The second-order valence-corrected chi connectivity index (χ2v) is 13.3. The summed E-state index contributed by atoms with van der Waals surface area (Å²) in [5, 5.41) is 10.3. The Labute approximate surface area is 272 Å². The van der Waals surface area contributed by atoms with Gasteiger partial charge in [0.2, 0.25) is 0 Å². The van der Waals surface area contributed by atoms with Crippen LogP contribution >= 0.6 is 0 Å². The minimum Gasteiger partial charge on any atom is -0.496 e. The molecule has 2 aromatic heterocycles. The molecule has 9 heteroatoms. The zero-order chi connectivity index (χ0) is 32.2. The molecule has 1 aliphatic heterocycles. The van der Waals surface area contributed by atoms with E-state index in [0.717, 1.165) is 92.9 Å². The molecule has 2 aliphatic rings. The van der Waals surface area contributed by atoms with Gasteiger partial charge in [0.15, 0.2) is 5.78 Å². The Morgan fingerprint density at radius 1 is 0.957 bits per heavy atom. The number of carbonyl (C=O) groups excluding carboxylic acids is 1. The molecule has 2 aromatic carbocycles. The summed E-state index contributed by atoms with van der Waals surface area (Å²) in [6.45, 7) is 4.20. The molecule has 0 bridgehead atoms. The standard InChI is InChI=1S/C37H48N6O3/c1-40(2)21-22-41(3)27-16-19-42(20-17-27)29-11-14-32-34(24-29)43(28-9-12-30(44)13-10-28)37(39-32)25-35(45)26-15-18-38-33(23-26)31-7-5-6-8-36(31)46-4/h5-8,11,14-15,18,23-24,27-28,30,44H,9-10,12-13,16-17,19-22,25H2,1-4H3/t28-,30+. The molecule has 9 nitrogen and oxygen atoms in total. The molecule has 6 rings (SSSR count). The third-order valence-corrected chi connectivity index (χ3v) is 9.91. The van der Waals surface area contributed by atoms with Crippen LogP contribution < -0.4 is 9.64 Å². The number of rotatable bonds is 11. The van der Waals surface area contributed by atoms with Gasteiger partial charge in [-0.05, 0) is 102 Å². The van der Waals surface area contributed by atoms with Crippen molar-refractivity contribution in [3.05, 3.63) is 72.2 Å². The molecule has 0 spiro atoms. The Kier molecular flexibility index (Phi) is 10.0. The SMILES string of the molecule is COc1ccccc1-c1cc(C(=O)Cc2nc3ccc(N4CCC(N(C)CCN(C)C)CC4)cc3n2[C@H]2CC[C@@H](O)CC2)ccn1. The Morgan fingerprint density at radius 2 is 1.72 bits per heavy atom. The summed E-state index contributed by atoms with van der Waals surface area (Å²) in [6, 6.07) is 18.7. The number of fused-ring (bicyclic) bond motifs is 1. The van der Waals surface area contributed by atoms with Crippen LogP contribution in [0.3, 0.4) is 0 Å². The average Bonchev–Trinajstić information content (AvgIpc) is 3.44. The maximum Gasteiger partial charge on any atom is 0.170 e. The zero-order valence-electron chi connectivity index (χ0n) is 27.7.